The van der Waals surface area contributed by atoms with Gasteiger partial charge >= 0.3 is 0 Å². The largest absolute Gasteiger partial charge is 0.388 e. The third kappa shape index (κ3) is 4.76. The summed E-state index contributed by atoms with van der Waals surface area (Å²) in [6.07, 6.45) is 8.26. The second kappa shape index (κ2) is 6.93. The molecule has 3 nitrogen and oxygen atoms in total. The normalized spacial score (nSPS) is 24.5. The maximum atomic E-state index is 12.4. The van der Waals surface area contributed by atoms with Crippen molar-refractivity contribution in [2.75, 3.05) is 0 Å². The molecule has 0 heterocycles. The average Bonchev–Trinajstić information content (AvgIpc) is 2.35. The van der Waals surface area contributed by atoms with Crippen LogP contribution in [0, 0.1) is 11.8 Å². The molecule has 2 N–H and O–H groups in total. The molecular weight excluding hydrogens is 250 g/mol. The SMILES string of the molecule is CCCCC1CCC(C(=O)NC(C)(C)C(C)(C)O)CC1. The van der Waals surface area contributed by atoms with E-state index in [0.717, 1.165) is 18.8 Å². The van der Waals surface area contributed by atoms with E-state index in [1.807, 2.05) is 13.8 Å². The molecule has 1 aliphatic rings. The molecule has 0 aliphatic heterocycles. The Hall–Kier alpha value is -0.570. The molecule has 1 amide bonds. The maximum absolute atomic E-state index is 12.4. The highest BCUT2D eigenvalue weighted by Gasteiger charge is 2.38. The third-order valence-corrected chi connectivity index (χ3v) is 5.15. The van der Waals surface area contributed by atoms with Crippen LogP contribution in [0.5, 0.6) is 0 Å². The quantitative estimate of drug-likeness (QED) is 0.781. The lowest BCUT2D eigenvalue weighted by atomic mass is 9.78. The highest BCUT2D eigenvalue weighted by atomic mass is 16.3. The number of nitrogens with one attached hydrogen (secondary N) is 1. The van der Waals surface area contributed by atoms with Crippen molar-refractivity contribution in [2.24, 2.45) is 11.8 Å². The standard InChI is InChI=1S/C17H33NO2/c1-6-7-8-13-9-11-14(12-10-13)15(19)18-16(2,3)17(4,5)20/h13-14,20H,6-12H2,1-5H3,(H,18,19). The fourth-order valence-corrected chi connectivity index (χ4v) is 2.77. The maximum Gasteiger partial charge on any atom is 0.223 e. The smallest absolute Gasteiger partial charge is 0.223 e. The number of unbranched alkanes of at least 4 members (excludes halogenated alkanes) is 1. The summed E-state index contributed by atoms with van der Waals surface area (Å²) < 4.78 is 0. The molecule has 0 atom stereocenters. The van der Waals surface area contributed by atoms with Gasteiger partial charge in [0.25, 0.3) is 0 Å². The second-order valence-corrected chi connectivity index (χ2v) is 7.53. The van der Waals surface area contributed by atoms with E-state index < -0.39 is 11.1 Å². The van der Waals surface area contributed by atoms with Gasteiger partial charge in [0.15, 0.2) is 0 Å². The Bertz CT molecular complexity index is 309. The molecule has 1 aliphatic carbocycles. The molecule has 1 rings (SSSR count). The van der Waals surface area contributed by atoms with Gasteiger partial charge in [0, 0.05) is 5.92 Å². The van der Waals surface area contributed by atoms with E-state index in [1.165, 1.54) is 32.1 Å². The molecule has 0 unspecified atom stereocenters. The third-order valence-electron chi connectivity index (χ3n) is 5.15. The highest BCUT2D eigenvalue weighted by Crippen LogP contribution is 2.32. The summed E-state index contributed by atoms with van der Waals surface area (Å²) in [7, 11) is 0. The summed E-state index contributed by atoms with van der Waals surface area (Å²) in [5.74, 6) is 1.07. The van der Waals surface area contributed by atoms with Gasteiger partial charge in [-0.1, -0.05) is 26.2 Å². The number of amides is 1. The van der Waals surface area contributed by atoms with Crippen LogP contribution in [0.3, 0.4) is 0 Å². The summed E-state index contributed by atoms with van der Waals surface area (Å²) in [5, 5.41) is 13.2. The fourth-order valence-electron chi connectivity index (χ4n) is 2.77. The molecule has 1 saturated carbocycles. The number of hydrogen-bond acceptors (Lipinski definition) is 2. The highest BCUT2D eigenvalue weighted by molar-refractivity contribution is 5.79. The number of carbonyl (C=O) groups is 1. The van der Waals surface area contributed by atoms with Gasteiger partial charge in [0.1, 0.15) is 0 Å². The van der Waals surface area contributed by atoms with E-state index in [-0.39, 0.29) is 11.8 Å². The van der Waals surface area contributed by atoms with Crippen molar-refractivity contribution in [1.82, 2.24) is 5.32 Å². The first-order chi connectivity index (χ1) is 9.17. The van der Waals surface area contributed by atoms with Crippen molar-refractivity contribution in [3.8, 4) is 0 Å². The molecule has 0 saturated heterocycles. The van der Waals surface area contributed by atoms with Crippen LogP contribution in [-0.4, -0.2) is 22.2 Å². The predicted molar refractivity (Wildman–Crippen MR) is 83.5 cm³/mol. The molecule has 20 heavy (non-hydrogen) atoms. The van der Waals surface area contributed by atoms with Crippen LogP contribution in [0.2, 0.25) is 0 Å². The molecule has 0 aromatic heterocycles. The molecule has 0 spiro atoms. The first-order valence-electron chi connectivity index (χ1n) is 8.21. The van der Waals surface area contributed by atoms with E-state index in [2.05, 4.69) is 12.2 Å². The predicted octanol–water partition coefficient (Wildman–Crippen LogP) is 3.65. The van der Waals surface area contributed by atoms with Crippen molar-refractivity contribution in [3.63, 3.8) is 0 Å². The van der Waals surface area contributed by atoms with Crippen molar-refractivity contribution in [2.45, 2.75) is 90.7 Å². The van der Waals surface area contributed by atoms with Gasteiger partial charge in [-0.25, -0.2) is 0 Å². The summed E-state index contributed by atoms with van der Waals surface area (Å²) in [6.45, 7) is 9.50. The van der Waals surface area contributed by atoms with E-state index in [9.17, 15) is 9.90 Å². The number of rotatable bonds is 6. The zero-order valence-electron chi connectivity index (χ0n) is 14.0. The molecule has 0 aromatic carbocycles. The summed E-state index contributed by atoms with van der Waals surface area (Å²) in [6, 6.07) is 0. The van der Waals surface area contributed by atoms with Gasteiger partial charge in [-0.2, -0.15) is 0 Å². The van der Waals surface area contributed by atoms with Gasteiger partial charge in [0.05, 0.1) is 11.1 Å². The van der Waals surface area contributed by atoms with Gasteiger partial charge in [-0.05, 0) is 59.3 Å². The molecule has 118 valence electrons. The molecule has 0 bridgehead atoms. The van der Waals surface area contributed by atoms with Crippen molar-refractivity contribution in [1.29, 1.82) is 0 Å². The minimum atomic E-state index is -0.916. The van der Waals surface area contributed by atoms with Crippen LogP contribution < -0.4 is 5.32 Å². The Morgan fingerprint density at radius 1 is 1.15 bits per heavy atom. The number of hydrogen-bond donors (Lipinski definition) is 2. The lowest BCUT2D eigenvalue weighted by Crippen LogP contribution is -2.59. The van der Waals surface area contributed by atoms with E-state index in [1.54, 1.807) is 13.8 Å². The average molecular weight is 283 g/mol. The van der Waals surface area contributed by atoms with Crippen LogP contribution in [0.15, 0.2) is 0 Å². The zero-order valence-corrected chi connectivity index (χ0v) is 14.0. The van der Waals surface area contributed by atoms with E-state index >= 15 is 0 Å². The Balaban J connectivity index is 2.43. The van der Waals surface area contributed by atoms with E-state index in [0.29, 0.717) is 0 Å². The van der Waals surface area contributed by atoms with Crippen molar-refractivity contribution >= 4 is 5.91 Å². The van der Waals surface area contributed by atoms with Crippen molar-refractivity contribution in [3.05, 3.63) is 0 Å². The monoisotopic (exact) mass is 283 g/mol. The van der Waals surface area contributed by atoms with Gasteiger partial charge in [-0.15, -0.1) is 0 Å². The second-order valence-electron chi connectivity index (χ2n) is 7.53. The van der Waals surface area contributed by atoms with E-state index in [4.69, 9.17) is 0 Å². The molecule has 1 fully saturated rings. The Morgan fingerprint density at radius 3 is 2.15 bits per heavy atom. The van der Waals surface area contributed by atoms with Gasteiger partial charge < -0.3 is 10.4 Å². The Kier molecular flexibility index (Phi) is 6.06. The first-order valence-corrected chi connectivity index (χ1v) is 8.21. The zero-order chi connectivity index (χ0) is 15.4. The van der Waals surface area contributed by atoms with Crippen LogP contribution in [0.25, 0.3) is 0 Å². The van der Waals surface area contributed by atoms with Crippen LogP contribution in [0.1, 0.15) is 79.6 Å². The molecule has 0 radical (unpaired) electrons. The van der Waals surface area contributed by atoms with Gasteiger partial charge in [-0.3, -0.25) is 4.79 Å². The van der Waals surface area contributed by atoms with Crippen molar-refractivity contribution < 1.29 is 9.90 Å². The number of carbonyl (C=O) groups excluding carboxylic acids is 1. The summed E-state index contributed by atoms with van der Waals surface area (Å²) in [4.78, 5) is 12.4. The lowest BCUT2D eigenvalue weighted by molar-refractivity contribution is -0.131. The van der Waals surface area contributed by atoms with Crippen LogP contribution in [0.4, 0.5) is 0 Å². The summed E-state index contributed by atoms with van der Waals surface area (Å²) in [5.41, 5.74) is -1.51. The summed E-state index contributed by atoms with van der Waals surface area (Å²) >= 11 is 0. The topological polar surface area (TPSA) is 49.3 Å². The molecule has 0 aromatic rings. The minimum absolute atomic E-state index is 0.117. The Morgan fingerprint density at radius 2 is 1.70 bits per heavy atom. The lowest BCUT2D eigenvalue weighted by Gasteiger charge is -2.39. The Labute approximate surface area is 124 Å². The first kappa shape index (κ1) is 17.5. The van der Waals surface area contributed by atoms with Crippen LogP contribution in [-0.2, 0) is 4.79 Å². The fraction of sp³-hybridized carbons (Fsp3) is 0.941. The minimum Gasteiger partial charge on any atom is -0.388 e. The van der Waals surface area contributed by atoms with Gasteiger partial charge in [0.2, 0.25) is 5.91 Å². The molecule has 3 heteroatoms. The molecular formula is C17H33NO2. The number of aliphatic hydroxyl groups is 1. The van der Waals surface area contributed by atoms with Crippen LogP contribution >= 0.6 is 0 Å².